The molecule has 1 heterocycles. The number of carbonyl (C=O) groups excluding carboxylic acids is 1. The number of benzene rings is 2. The van der Waals surface area contributed by atoms with Gasteiger partial charge in [-0.1, -0.05) is 12.1 Å². The van der Waals surface area contributed by atoms with Crippen molar-refractivity contribution in [3.05, 3.63) is 70.0 Å². The molecule has 0 bridgehead atoms. The van der Waals surface area contributed by atoms with Crippen LogP contribution in [0.15, 0.2) is 53.3 Å². The number of amides is 1. The predicted octanol–water partition coefficient (Wildman–Crippen LogP) is 2.96. The molecule has 0 fully saturated rings. The second kappa shape index (κ2) is 9.93. The van der Waals surface area contributed by atoms with Crippen molar-refractivity contribution in [2.24, 2.45) is 0 Å². The summed E-state index contributed by atoms with van der Waals surface area (Å²) in [6.45, 7) is 2.82. The molecule has 2 N–H and O–H groups in total. The number of carbonyl (C=O) groups is 1. The highest BCUT2D eigenvalue weighted by Gasteiger charge is 2.20. The lowest BCUT2D eigenvalue weighted by molar-refractivity contribution is 0.0728. The Morgan fingerprint density at radius 2 is 1.97 bits per heavy atom. The van der Waals surface area contributed by atoms with Crippen LogP contribution in [0.25, 0.3) is 10.9 Å². The van der Waals surface area contributed by atoms with Crippen LogP contribution in [0.3, 0.4) is 0 Å². The fourth-order valence-electron chi connectivity index (χ4n) is 3.32. The highest BCUT2D eigenvalue weighted by molar-refractivity contribution is 5.97. The lowest BCUT2D eigenvalue weighted by Crippen LogP contribution is -2.34. The van der Waals surface area contributed by atoms with Gasteiger partial charge in [-0.05, 0) is 49.7 Å². The lowest BCUT2D eigenvalue weighted by atomic mass is 10.1. The fraction of sp³-hybridized carbons (Fsp3) is 0.304. The van der Waals surface area contributed by atoms with Gasteiger partial charge in [-0.25, -0.2) is 0 Å². The largest absolute Gasteiger partial charge is 0.496 e. The molecule has 0 spiro atoms. The zero-order valence-electron chi connectivity index (χ0n) is 17.2. The zero-order chi connectivity index (χ0) is 21.5. The van der Waals surface area contributed by atoms with E-state index in [9.17, 15) is 14.7 Å². The van der Waals surface area contributed by atoms with Crippen LogP contribution < -0.4 is 15.0 Å². The third-order valence-electron chi connectivity index (χ3n) is 4.78. The smallest absolute Gasteiger partial charge is 0.257 e. The van der Waals surface area contributed by atoms with E-state index < -0.39 is 0 Å². The average Bonchev–Trinajstić information content (AvgIpc) is 2.76. The Morgan fingerprint density at radius 3 is 2.70 bits per heavy atom. The minimum Gasteiger partial charge on any atom is -0.496 e. The Morgan fingerprint density at radius 1 is 1.17 bits per heavy atom. The molecule has 0 atom stereocenters. The number of H-pyrrole nitrogens is 1. The topological polar surface area (TPSA) is 91.9 Å². The number of nitrogens with one attached hydrogen (secondary N) is 1. The van der Waals surface area contributed by atoms with Crippen molar-refractivity contribution in [3.8, 4) is 11.5 Å². The van der Waals surface area contributed by atoms with Crippen LogP contribution in [0.1, 0.15) is 29.3 Å². The Bertz CT molecular complexity index is 1080. The Hall–Kier alpha value is -3.32. The van der Waals surface area contributed by atoms with E-state index in [2.05, 4.69) is 4.98 Å². The molecule has 1 aromatic heterocycles. The first kappa shape index (κ1) is 21.4. The number of aliphatic hydroxyl groups is 1. The van der Waals surface area contributed by atoms with Crippen LogP contribution in [0.4, 0.5) is 0 Å². The molecule has 1 amide bonds. The molecule has 0 saturated heterocycles. The summed E-state index contributed by atoms with van der Waals surface area (Å²) in [6.07, 6.45) is 0.404. The summed E-state index contributed by atoms with van der Waals surface area (Å²) in [6, 6.07) is 14.2. The van der Waals surface area contributed by atoms with Crippen LogP contribution in [-0.2, 0) is 6.54 Å². The first-order valence-corrected chi connectivity index (χ1v) is 9.89. The van der Waals surface area contributed by atoms with Gasteiger partial charge in [-0.15, -0.1) is 0 Å². The number of aromatic amines is 1. The molecule has 3 aromatic rings. The molecule has 7 heteroatoms. The maximum Gasteiger partial charge on any atom is 0.257 e. The number of ether oxygens (including phenoxy) is 2. The average molecular weight is 410 g/mol. The summed E-state index contributed by atoms with van der Waals surface area (Å²) < 4.78 is 10.9. The molecule has 2 aromatic carbocycles. The number of aromatic nitrogens is 1. The van der Waals surface area contributed by atoms with Crippen molar-refractivity contribution < 1.29 is 19.4 Å². The normalized spacial score (nSPS) is 10.8. The van der Waals surface area contributed by atoms with Gasteiger partial charge in [0.1, 0.15) is 11.5 Å². The SMILES string of the molecule is CCOc1ccc2[nH]c(=O)c(CN(CCCO)C(=O)c3ccccc3OC)cc2c1. The second-order valence-corrected chi connectivity index (χ2v) is 6.81. The van der Waals surface area contributed by atoms with E-state index in [1.54, 1.807) is 47.4 Å². The van der Waals surface area contributed by atoms with Crippen LogP contribution in [0.2, 0.25) is 0 Å². The number of aliphatic hydroxyl groups excluding tert-OH is 1. The summed E-state index contributed by atoms with van der Waals surface area (Å²) in [5.74, 6) is 0.916. The molecule has 0 aliphatic heterocycles. The molecule has 30 heavy (non-hydrogen) atoms. The van der Waals surface area contributed by atoms with Gasteiger partial charge in [-0.3, -0.25) is 9.59 Å². The first-order chi connectivity index (χ1) is 14.6. The maximum absolute atomic E-state index is 13.2. The molecule has 158 valence electrons. The molecule has 0 aliphatic rings. The van der Waals surface area contributed by atoms with E-state index >= 15 is 0 Å². The predicted molar refractivity (Wildman–Crippen MR) is 115 cm³/mol. The van der Waals surface area contributed by atoms with Crippen molar-refractivity contribution in [1.82, 2.24) is 9.88 Å². The van der Waals surface area contributed by atoms with E-state index in [0.29, 0.717) is 47.7 Å². The van der Waals surface area contributed by atoms with Gasteiger partial charge >= 0.3 is 0 Å². The Kier molecular flexibility index (Phi) is 7.08. The summed E-state index contributed by atoms with van der Waals surface area (Å²) in [4.78, 5) is 30.2. The van der Waals surface area contributed by atoms with Crippen molar-refractivity contribution in [3.63, 3.8) is 0 Å². The second-order valence-electron chi connectivity index (χ2n) is 6.81. The van der Waals surface area contributed by atoms with Gasteiger partial charge in [0, 0.05) is 29.6 Å². The first-order valence-electron chi connectivity index (χ1n) is 9.89. The van der Waals surface area contributed by atoms with Gasteiger partial charge in [0.2, 0.25) is 0 Å². The summed E-state index contributed by atoms with van der Waals surface area (Å²) in [5, 5.41) is 10.1. The number of hydrogen-bond donors (Lipinski definition) is 2. The standard InChI is InChI=1S/C23H26N2O5/c1-3-30-18-9-10-20-16(14-18)13-17(22(27)24-20)15-25(11-6-12-26)23(28)19-7-4-5-8-21(19)29-2/h4-5,7-10,13-14,26H,3,6,11-12,15H2,1-2H3,(H,24,27). The van der Waals surface area contributed by atoms with E-state index in [4.69, 9.17) is 9.47 Å². The zero-order valence-corrected chi connectivity index (χ0v) is 17.2. The van der Waals surface area contributed by atoms with Crippen LogP contribution in [0, 0.1) is 0 Å². The van der Waals surface area contributed by atoms with E-state index in [1.807, 2.05) is 13.0 Å². The van der Waals surface area contributed by atoms with E-state index in [1.165, 1.54) is 7.11 Å². The number of hydrogen-bond acceptors (Lipinski definition) is 5. The molecule has 7 nitrogen and oxygen atoms in total. The van der Waals surface area contributed by atoms with Crippen LogP contribution >= 0.6 is 0 Å². The molecule has 0 aliphatic carbocycles. The minimum absolute atomic E-state index is 0.0541. The molecular formula is C23H26N2O5. The Balaban J connectivity index is 1.95. The van der Waals surface area contributed by atoms with Crippen molar-refractivity contribution >= 4 is 16.8 Å². The van der Waals surface area contributed by atoms with Crippen LogP contribution in [-0.4, -0.2) is 47.8 Å². The summed E-state index contributed by atoms with van der Waals surface area (Å²) >= 11 is 0. The van der Waals surface area contributed by atoms with E-state index in [0.717, 1.165) is 5.39 Å². The number of fused-ring (bicyclic) bond motifs is 1. The van der Waals surface area contributed by atoms with Gasteiger partial charge < -0.3 is 24.5 Å². The van der Waals surface area contributed by atoms with Crippen molar-refractivity contribution in [2.45, 2.75) is 19.9 Å². The molecule has 0 saturated carbocycles. The number of methoxy groups -OCH3 is 1. The van der Waals surface area contributed by atoms with Gasteiger partial charge in [-0.2, -0.15) is 0 Å². The molecule has 0 unspecified atom stereocenters. The van der Waals surface area contributed by atoms with E-state index in [-0.39, 0.29) is 24.6 Å². The van der Waals surface area contributed by atoms with Crippen molar-refractivity contribution in [1.29, 1.82) is 0 Å². The molecule has 3 rings (SSSR count). The highest BCUT2D eigenvalue weighted by Crippen LogP contribution is 2.22. The number of nitrogens with zero attached hydrogens (tertiary/aromatic N) is 1. The quantitative estimate of drug-likeness (QED) is 0.566. The summed E-state index contributed by atoms with van der Waals surface area (Å²) in [7, 11) is 1.51. The van der Waals surface area contributed by atoms with Gasteiger partial charge in [0.05, 0.1) is 25.8 Å². The third-order valence-corrected chi connectivity index (χ3v) is 4.78. The maximum atomic E-state index is 13.2. The van der Waals surface area contributed by atoms with Crippen LogP contribution in [0.5, 0.6) is 11.5 Å². The monoisotopic (exact) mass is 410 g/mol. The Labute approximate surface area is 174 Å². The lowest BCUT2D eigenvalue weighted by Gasteiger charge is -2.23. The number of para-hydroxylation sites is 1. The fourth-order valence-corrected chi connectivity index (χ4v) is 3.32. The summed E-state index contributed by atoms with van der Waals surface area (Å²) in [5.41, 5.74) is 1.31. The molecular weight excluding hydrogens is 384 g/mol. The number of rotatable bonds is 9. The van der Waals surface area contributed by atoms with Gasteiger partial charge in [0.25, 0.3) is 11.5 Å². The highest BCUT2D eigenvalue weighted by atomic mass is 16.5. The molecule has 0 radical (unpaired) electrons. The minimum atomic E-state index is -0.261. The third kappa shape index (κ3) is 4.80. The van der Waals surface area contributed by atoms with Crippen molar-refractivity contribution in [2.75, 3.05) is 26.9 Å². The number of pyridine rings is 1. The van der Waals surface area contributed by atoms with Gasteiger partial charge in [0.15, 0.2) is 0 Å².